The smallest absolute Gasteiger partial charge is 0.119 e. The van der Waals surface area contributed by atoms with Crippen LogP contribution in [0, 0.1) is 0 Å². The predicted molar refractivity (Wildman–Crippen MR) is 73.8 cm³/mol. The molecule has 0 unspecified atom stereocenters. The zero-order valence-corrected chi connectivity index (χ0v) is 11.5. The number of nitrogens with one attached hydrogen (secondary N) is 1. The first-order chi connectivity index (χ1) is 8.22. The third-order valence-corrected chi connectivity index (χ3v) is 3.75. The van der Waals surface area contributed by atoms with Crippen molar-refractivity contribution in [3.63, 3.8) is 0 Å². The number of methoxy groups -OCH3 is 1. The molecule has 0 amide bonds. The van der Waals surface area contributed by atoms with Crippen LogP contribution in [0.4, 0.5) is 0 Å². The molecular weight excluding hydrogens is 210 g/mol. The van der Waals surface area contributed by atoms with Crippen molar-refractivity contribution in [1.29, 1.82) is 0 Å². The van der Waals surface area contributed by atoms with Gasteiger partial charge in [-0.1, -0.05) is 32.9 Å². The Morgan fingerprint density at radius 2 is 1.88 bits per heavy atom. The Morgan fingerprint density at radius 1 is 1.18 bits per heavy atom. The van der Waals surface area contributed by atoms with Crippen LogP contribution in [-0.4, -0.2) is 20.2 Å². The number of hydrogen-bond acceptors (Lipinski definition) is 2. The molecule has 0 bridgehead atoms. The molecule has 0 saturated carbocycles. The van der Waals surface area contributed by atoms with E-state index in [4.69, 9.17) is 4.74 Å². The number of likely N-dealkylation sites (N-methyl/N-ethyl adjacent to an activating group) is 1. The third-order valence-electron chi connectivity index (χ3n) is 3.75. The summed E-state index contributed by atoms with van der Waals surface area (Å²) in [5.74, 6) is 0.949. The van der Waals surface area contributed by atoms with Crippen LogP contribution in [-0.2, 0) is 5.41 Å². The van der Waals surface area contributed by atoms with Crippen molar-refractivity contribution in [2.24, 2.45) is 0 Å². The van der Waals surface area contributed by atoms with Gasteiger partial charge in [0.25, 0.3) is 0 Å². The van der Waals surface area contributed by atoms with Crippen molar-refractivity contribution < 1.29 is 4.74 Å². The lowest BCUT2D eigenvalue weighted by molar-refractivity contribution is 0.367. The number of rotatable bonds is 7. The molecule has 0 aliphatic heterocycles. The first kappa shape index (κ1) is 14.0. The minimum Gasteiger partial charge on any atom is -0.497 e. The normalized spacial score (nSPS) is 11.5. The number of benzene rings is 1. The van der Waals surface area contributed by atoms with E-state index in [0.717, 1.165) is 31.7 Å². The Balaban J connectivity index is 3.02. The first-order valence-corrected chi connectivity index (χ1v) is 6.57. The first-order valence-electron chi connectivity index (χ1n) is 6.57. The van der Waals surface area contributed by atoms with E-state index in [-0.39, 0.29) is 5.41 Å². The summed E-state index contributed by atoms with van der Waals surface area (Å²) in [6, 6.07) is 8.48. The van der Waals surface area contributed by atoms with Crippen LogP contribution >= 0.6 is 0 Å². The fraction of sp³-hybridized carbons (Fsp3) is 0.600. The maximum atomic E-state index is 5.32. The molecule has 2 nitrogen and oxygen atoms in total. The average molecular weight is 235 g/mol. The highest BCUT2D eigenvalue weighted by Gasteiger charge is 2.28. The van der Waals surface area contributed by atoms with Gasteiger partial charge in [0.05, 0.1) is 7.11 Å². The molecule has 0 aliphatic carbocycles. The maximum Gasteiger partial charge on any atom is 0.119 e. The minimum absolute atomic E-state index is 0.227. The molecule has 0 spiro atoms. The van der Waals surface area contributed by atoms with Gasteiger partial charge in [0.15, 0.2) is 0 Å². The largest absolute Gasteiger partial charge is 0.497 e. The summed E-state index contributed by atoms with van der Waals surface area (Å²) in [6.45, 7) is 8.73. The molecule has 0 fully saturated rings. The van der Waals surface area contributed by atoms with E-state index in [1.54, 1.807) is 7.11 Å². The average Bonchev–Trinajstić information content (AvgIpc) is 2.41. The fourth-order valence-corrected chi connectivity index (χ4v) is 2.33. The predicted octanol–water partition coefficient (Wildman–Crippen LogP) is 3.36. The van der Waals surface area contributed by atoms with Crippen LogP contribution in [0.2, 0.25) is 0 Å². The molecule has 2 heteroatoms. The van der Waals surface area contributed by atoms with Crippen molar-refractivity contribution in [3.05, 3.63) is 29.8 Å². The van der Waals surface area contributed by atoms with Gasteiger partial charge in [0, 0.05) is 12.0 Å². The monoisotopic (exact) mass is 235 g/mol. The highest BCUT2D eigenvalue weighted by molar-refractivity contribution is 5.34. The molecule has 1 aromatic rings. The SMILES string of the molecule is CCNCC(CC)(CC)c1cccc(OC)c1. The van der Waals surface area contributed by atoms with Gasteiger partial charge in [-0.25, -0.2) is 0 Å². The lowest BCUT2D eigenvalue weighted by Gasteiger charge is -2.33. The van der Waals surface area contributed by atoms with E-state index < -0.39 is 0 Å². The van der Waals surface area contributed by atoms with Gasteiger partial charge in [0.1, 0.15) is 5.75 Å². The summed E-state index contributed by atoms with van der Waals surface area (Å²) < 4.78 is 5.32. The van der Waals surface area contributed by atoms with Crippen LogP contribution in [0.1, 0.15) is 39.2 Å². The summed E-state index contributed by atoms with van der Waals surface area (Å²) in [5, 5.41) is 3.49. The second-order valence-electron chi connectivity index (χ2n) is 4.50. The topological polar surface area (TPSA) is 21.3 Å². The van der Waals surface area contributed by atoms with E-state index in [1.807, 2.05) is 6.07 Å². The standard InChI is InChI=1S/C15H25NO/c1-5-15(6-2,12-16-7-3)13-9-8-10-14(11-13)17-4/h8-11,16H,5-7,12H2,1-4H3. The van der Waals surface area contributed by atoms with E-state index in [1.165, 1.54) is 5.56 Å². The molecule has 1 N–H and O–H groups in total. The van der Waals surface area contributed by atoms with Gasteiger partial charge in [-0.15, -0.1) is 0 Å². The Bertz CT molecular complexity index is 331. The van der Waals surface area contributed by atoms with Gasteiger partial charge in [-0.3, -0.25) is 0 Å². The van der Waals surface area contributed by atoms with Crippen molar-refractivity contribution in [1.82, 2.24) is 5.32 Å². The molecule has 0 aromatic heterocycles. The summed E-state index contributed by atoms with van der Waals surface area (Å²) >= 11 is 0. The Morgan fingerprint density at radius 3 is 2.41 bits per heavy atom. The molecule has 96 valence electrons. The van der Waals surface area contributed by atoms with E-state index >= 15 is 0 Å². The lowest BCUT2D eigenvalue weighted by atomic mass is 9.75. The highest BCUT2D eigenvalue weighted by Crippen LogP contribution is 2.32. The third kappa shape index (κ3) is 3.22. The Kier molecular flexibility index (Phi) is 5.49. The lowest BCUT2D eigenvalue weighted by Crippen LogP contribution is -2.37. The van der Waals surface area contributed by atoms with Crippen LogP contribution in [0.25, 0.3) is 0 Å². The minimum atomic E-state index is 0.227. The summed E-state index contributed by atoms with van der Waals surface area (Å²) in [5.41, 5.74) is 1.60. The molecule has 0 heterocycles. The second kappa shape index (κ2) is 6.65. The van der Waals surface area contributed by atoms with E-state index in [9.17, 15) is 0 Å². The number of hydrogen-bond donors (Lipinski definition) is 1. The number of ether oxygens (including phenoxy) is 1. The highest BCUT2D eigenvalue weighted by atomic mass is 16.5. The molecule has 0 atom stereocenters. The van der Waals surface area contributed by atoms with Crippen LogP contribution in [0.15, 0.2) is 24.3 Å². The van der Waals surface area contributed by atoms with E-state index in [0.29, 0.717) is 0 Å². The maximum absolute atomic E-state index is 5.32. The van der Waals surface area contributed by atoms with Crippen molar-refractivity contribution >= 4 is 0 Å². The van der Waals surface area contributed by atoms with Crippen LogP contribution < -0.4 is 10.1 Å². The van der Waals surface area contributed by atoms with Crippen LogP contribution in [0.5, 0.6) is 5.75 Å². The molecule has 1 aromatic carbocycles. The quantitative estimate of drug-likeness (QED) is 0.782. The molecule has 0 aliphatic rings. The van der Waals surface area contributed by atoms with Gasteiger partial charge < -0.3 is 10.1 Å². The fourth-order valence-electron chi connectivity index (χ4n) is 2.33. The molecule has 17 heavy (non-hydrogen) atoms. The second-order valence-corrected chi connectivity index (χ2v) is 4.50. The van der Waals surface area contributed by atoms with Crippen molar-refractivity contribution in [3.8, 4) is 5.75 Å². The summed E-state index contributed by atoms with van der Waals surface area (Å²) in [4.78, 5) is 0. The summed E-state index contributed by atoms with van der Waals surface area (Å²) in [6.07, 6.45) is 2.29. The van der Waals surface area contributed by atoms with Crippen LogP contribution in [0.3, 0.4) is 0 Å². The molecule has 1 rings (SSSR count). The Hall–Kier alpha value is -1.02. The van der Waals surface area contributed by atoms with Gasteiger partial charge in [0.2, 0.25) is 0 Å². The molecule has 0 saturated heterocycles. The molecular formula is C15H25NO. The van der Waals surface area contributed by atoms with E-state index in [2.05, 4.69) is 44.3 Å². The Labute approximate surface area is 105 Å². The summed E-state index contributed by atoms with van der Waals surface area (Å²) in [7, 11) is 1.73. The zero-order chi connectivity index (χ0) is 12.7. The zero-order valence-electron chi connectivity index (χ0n) is 11.5. The van der Waals surface area contributed by atoms with Crippen molar-refractivity contribution in [2.45, 2.75) is 39.0 Å². The van der Waals surface area contributed by atoms with Gasteiger partial charge >= 0.3 is 0 Å². The van der Waals surface area contributed by atoms with Gasteiger partial charge in [-0.05, 0) is 37.1 Å². The van der Waals surface area contributed by atoms with Gasteiger partial charge in [-0.2, -0.15) is 0 Å². The van der Waals surface area contributed by atoms with Crippen molar-refractivity contribution in [2.75, 3.05) is 20.2 Å². The molecule has 0 radical (unpaired) electrons.